The SMILES string of the molecule is CC(C)(C)n1c(=O)nc(N(CC(F)(F)F)c2cccc(C#CC3(C(F)(F)F)CC3)c2)c2ccc(Cl)cc21. The molecule has 196 valence electrons. The van der Waals surface area contributed by atoms with Crippen molar-refractivity contribution in [3.05, 3.63) is 63.5 Å². The molecule has 0 bridgehead atoms. The molecular formula is C26H22ClF6N3O. The van der Waals surface area contributed by atoms with Gasteiger partial charge >= 0.3 is 18.0 Å². The van der Waals surface area contributed by atoms with Crippen LogP contribution in [0, 0.1) is 17.3 Å². The second-order valence-electron chi connectivity index (χ2n) is 9.97. The van der Waals surface area contributed by atoms with Crippen molar-refractivity contribution in [3.63, 3.8) is 0 Å². The average Bonchev–Trinajstić information content (AvgIpc) is 3.55. The van der Waals surface area contributed by atoms with Crippen molar-refractivity contribution >= 4 is 34.0 Å². The van der Waals surface area contributed by atoms with Gasteiger partial charge in [0.25, 0.3) is 0 Å². The fraction of sp³-hybridized carbons (Fsp3) is 0.385. The largest absolute Gasteiger partial charge is 0.406 e. The topological polar surface area (TPSA) is 38.1 Å². The Bertz CT molecular complexity index is 1470. The van der Waals surface area contributed by atoms with Gasteiger partial charge in [-0.05, 0) is 70.0 Å². The highest BCUT2D eigenvalue weighted by atomic mass is 35.5. The maximum absolute atomic E-state index is 13.7. The molecule has 1 aliphatic carbocycles. The van der Waals surface area contributed by atoms with Crippen molar-refractivity contribution in [2.45, 2.75) is 51.5 Å². The lowest BCUT2D eigenvalue weighted by Gasteiger charge is -2.29. The highest BCUT2D eigenvalue weighted by molar-refractivity contribution is 6.31. The molecule has 37 heavy (non-hydrogen) atoms. The fourth-order valence-corrected chi connectivity index (χ4v) is 4.22. The molecule has 4 nitrogen and oxygen atoms in total. The van der Waals surface area contributed by atoms with Crippen molar-refractivity contribution in [3.8, 4) is 11.8 Å². The van der Waals surface area contributed by atoms with Crippen LogP contribution in [0.3, 0.4) is 0 Å². The molecule has 11 heteroatoms. The number of fused-ring (bicyclic) bond motifs is 1. The van der Waals surface area contributed by atoms with Crippen LogP contribution in [0.25, 0.3) is 10.9 Å². The quantitative estimate of drug-likeness (QED) is 0.260. The van der Waals surface area contributed by atoms with E-state index in [2.05, 4.69) is 16.8 Å². The third kappa shape index (κ3) is 5.57. The number of aromatic nitrogens is 2. The lowest BCUT2D eigenvalue weighted by atomic mass is 10.1. The third-order valence-electron chi connectivity index (χ3n) is 5.99. The summed E-state index contributed by atoms with van der Waals surface area (Å²) in [5.41, 5.74) is -3.25. The monoisotopic (exact) mass is 541 g/mol. The Morgan fingerprint density at radius 2 is 1.73 bits per heavy atom. The Morgan fingerprint density at radius 3 is 2.30 bits per heavy atom. The molecule has 0 N–H and O–H groups in total. The predicted octanol–water partition coefficient (Wildman–Crippen LogP) is 7.20. The van der Waals surface area contributed by atoms with Crippen molar-refractivity contribution in [1.29, 1.82) is 0 Å². The second-order valence-corrected chi connectivity index (χ2v) is 10.4. The van der Waals surface area contributed by atoms with Crippen molar-refractivity contribution < 1.29 is 26.3 Å². The van der Waals surface area contributed by atoms with E-state index >= 15 is 0 Å². The molecule has 1 saturated carbocycles. The summed E-state index contributed by atoms with van der Waals surface area (Å²) in [5, 5.41) is 0.522. The summed E-state index contributed by atoms with van der Waals surface area (Å²) in [6.07, 6.45) is -9.42. The van der Waals surface area contributed by atoms with Crippen molar-refractivity contribution in [2.24, 2.45) is 5.41 Å². The minimum atomic E-state index is -4.70. The van der Waals surface area contributed by atoms with E-state index in [1.54, 1.807) is 20.8 Å². The number of halogens is 7. The van der Waals surface area contributed by atoms with Crippen LogP contribution in [0.1, 0.15) is 39.2 Å². The summed E-state index contributed by atoms with van der Waals surface area (Å²) in [6.45, 7) is 3.75. The summed E-state index contributed by atoms with van der Waals surface area (Å²) in [4.78, 5) is 17.9. The summed E-state index contributed by atoms with van der Waals surface area (Å²) >= 11 is 6.15. The molecule has 0 aliphatic heterocycles. The lowest BCUT2D eigenvalue weighted by Crippen LogP contribution is -2.38. The van der Waals surface area contributed by atoms with Crippen LogP contribution in [0.2, 0.25) is 5.02 Å². The van der Waals surface area contributed by atoms with Crippen LogP contribution in [-0.2, 0) is 5.54 Å². The number of nitrogens with zero attached hydrogens (tertiary/aromatic N) is 3. The molecule has 2 aromatic carbocycles. The van der Waals surface area contributed by atoms with E-state index in [0.717, 1.165) is 4.90 Å². The van der Waals surface area contributed by atoms with Crippen molar-refractivity contribution in [1.82, 2.24) is 9.55 Å². The van der Waals surface area contributed by atoms with Gasteiger partial charge in [-0.25, -0.2) is 4.79 Å². The Balaban J connectivity index is 1.90. The predicted molar refractivity (Wildman–Crippen MR) is 130 cm³/mol. The zero-order valence-electron chi connectivity index (χ0n) is 20.1. The maximum Gasteiger partial charge on any atom is 0.406 e. The van der Waals surface area contributed by atoms with Gasteiger partial charge in [-0.3, -0.25) is 4.57 Å². The Kier molecular flexibility index (Phi) is 6.52. The molecule has 0 atom stereocenters. The van der Waals surface area contributed by atoms with Crippen LogP contribution >= 0.6 is 11.6 Å². The maximum atomic E-state index is 13.7. The summed E-state index contributed by atoms with van der Waals surface area (Å²) in [6, 6.07) is 9.86. The van der Waals surface area contributed by atoms with Gasteiger partial charge in [-0.2, -0.15) is 31.3 Å². The molecule has 0 saturated heterocycles. The van der Waals surface area contributed by atoms with E-state index < -0.39 is 35.5 Å². The molecule has 1 aromatic heterocycles. The van der Waals surface area contributed by atoms with E-state index in [1.165, 1.54) is 47.0 Å². The number of benzene rings is 2. The zero-order chi connectivity index (χ0) is 27.4. The Hall–Kier alpha value is -3.19. The van der Waals surface area contributed by atoms with Crippen LogP contribution < -0.4 is 10.6 Å². The first-order chi connectivity index (χ1) is 17.0. The summed E-state index contributed by atoms with van der Waals surface area (Å²) in [5.74, 6) is 4.46. The molecule has 0 unspecified atom stereocenters. The first kappa shape index (κ1) is 26.9. The van der Waals surface area contributed by atoms with Crippen LogP contribution in [0.15, 0.2) is 47.3 Å². The fourth-order valence-electron chi connectivity index (χ4n) is 4.05. The average molecular weight is 542 g/mol. The summed E-state index contributed by atoms with van der Waals surface area (Å²) in [7, 11) is 0. The standard InChI is InChI=1S/C26H22ClF6N3O/c1-23(2,3)36-20-14-17(27)7-8-19(20)21(34-22(36)37)35(15-25(28,29)30)18-6-4-5-16(13-18)9-10-24(11-12-24)26(31,32)33/h4-8,13-14H,11-12,15H2,1-3H3. The van der Waals surface area contributed by atoms with E-state index in [-0.39, 0.29) is 40.3 Å². The molecular weight excluding hydrogens is 520 g/mol. The number of anilines is 2. The zero-order valence-corrected chi connectivity index (χ0v) is 20.8. The summed E-state index contributed by atoms with van der Waals surface area (Å²) < 4.78 is 82.3. The van der Waals surface area contributed by atoms with E-state index in [4.69, 9.17) is 11.6 Å². The minimum absolute atomic E-state index is 0.0300. The van der Waals surface area contributed by atoms with Gasteiger partial charge < -0.3 is 4.90 Å². The van der Waals surface area contributed by atoms with Crippen LogP contribution in [0.4, 0.5) is 37.8 Å². The first-order valence-corrected chi connectivity index (χ1v) is 11.7. The lowest BCUT2D eigenvalue weighted by molar-refractivity contribution is -0.168. The second kappa shape index (κ2) is 8.98. The van der Waals surface area contributed by atoms with E-state index in [1.807, 2.05) is 0 Å². The highest BCUT2D eigenvalue weighted by Crippen LogP contribution is 2.57. The van der Waals surface area contributed by atoms with E-state index in [9.17, 15) is 31.1 Å². The molecule has 3 aromatic rings. The van der Waals surface area contributed by atoms with Crippen molar-refractivity contribution in [2.75, 3.05) is 11.4 Å². The van der Waals surface area contributed by atoms with Gasteiger partial charge in [-0.1, -0.05) is 29.5 Å². The van der Waals surface area contributed by atoms with Gasteiger partial charge in [-0.15, -0.1) is 0 Å². The Labute approximate surface area is 213 Å². The van der Waals surface area contributed by atoms with Gasteiger partial charge in [0.15, 0.2) is 0 Å². The number of alkyl halides is 6. The molecule has 0 radical (unpaired) electrons. The van der Waals surface area contributed by atoms with E-state index in [0.29, 0.717) is 5.52 Å². The minimum Gasteiger partial charge on any atom is -0.316 e. The highest BCUT2D eigenvalue weighted by Gasteiger charge is 2.62. The number of rotatable bonds is 3. The normalized spacial score (nSPS) is 15.3. The third-order valence-corrected chi connectivity index (χ3v) is 6.23. The smallest absolute Gasteiger partial charge is 0.316 e. The van der Waals surface area contributed by atoms with Gasteiger partial charge in [0, 0.05) is 27.2 Å². The number of hydrogen-bond acceptors (Lipinski definition) is 3. The number of hydrogen-bond donors (Lipinski definition) is 0. The Morgan fingerprint density at radius 1 is 1.05 bits per heavy atom. The van der Waals surface area contributed by atoms with Gasteiger partial charge in [0.2, 0.25) is 0 Å². The molecule has 1 fully saturated rings. The first-order valence-electron chi connectivity index (χ1n) is 11.3. The van der Waals surface area contributed by atoms with Gasteiger partial charge in [0.05, 0.1) is 5.52 Å². The molecule has 0 amide bonds. The molecule has 1 aliphatic rings. The van der Waals surface area contributed by atoms with Crippen LogP contribution in [-0.4, -0.2) is 28.4 Å². The van der Waals surface area contributed by atoms with Crippen LogP contribution in [0.5, 0.6) is 0 Å². The molecule has 0 spiro atoms. The molecule has 4 rings (SSSR count). The molecule has 1 heterocycles. The van der Waals surface area contributed by atoms with Gasteiger partial charge in [0.1, 0.15) is 17.8 Å².